The summed E-state index contributed by atoms with van der Waals surface area (Å²) < 4.78 is 23.1. The summed E-state index contributed by atoms with van der Waals surface area (Å²) in [6.45, 7) is 0. The van der Waals surface area contributed by atoms with Crippen molar-refractivity contribution in [1.29, 1.82) is 5.26 Å². The average Bonchev–Trinajstić information content (AvgIpc) is 2.26. The Labute approximate surface area is 88.1 Å². The molecule has 4 nitrogen and oxygen atoms in total. The molecule has 0 fully saturated rings. The molecule has 0 amide bonds. The summed E-state index contributed by atoms with van der Waals surface area (Å²) in [6.07, 6.45) is 0.615. The summed E-state index contributed by atoms with van der Waals surface area (Å²) in [5.41, 5.74) is 0.425. The Morgan fingerprint density at radius 2 is 1.87 bits per heavy atom. The molecule has 0 aliphatic rings. The van der Waals surface area contributed by atoms with E-state index < -0.39 is 9.84 Å². The van der Waals surface area contributed by atoms with Gasteiger partial charge in [-0.25, -0.2) is 8.42 Å². The predicted octanol–water partition coefficient (Wildman–Crippen LogP) is 1.19. The minimum atomic E-state index is -3.39. The number of carbonyl (C=O) groups excluding carboxylic acids is 1. The van der Waals surface area contributed by atoms with Gasteiger partial charge in [-0.1, -0.05) is 12.1 Å². The molecule has 78 valence electrons. The standard InChI is InChI=1S/C10H9NO3S/c11-6-1-7-15(13,14)10-4-2-9(8-12)3-5-10/h2-5,8H,1,7H2. The second-order valence-corrected chi connectivity index (χ2v) is 5.02. The van der Waals surface area contributed by atoms with Crippen LogP contribution in [0.1, 0.15) is 16.8 Å². The van der Waals surface area contributed by atoms with E-state index in [0.29, 0.717) is 11.8 Å². The van der Waals surface area contributed by atoms with Gasteiger partial charge in [0.1, 0.15) is 6.29 Å². The van der Waals surface area contributed by atoms with E-state index >= 15 is 0 Å². The first-order valence-electron chi connectivity index (χ1n) is 4.25. The van der Waals surface area contributed by atoms with E-state index in [1.165, 1.54) is 24.3 Å². The van der Waals surface area contributed by atoms with Crippen LogP contribution in [0.25, 0.3) is 0 Å². The van der Waals surface area contributed by atoms with Crippen molar-refractivity contribution in [3.8, 4) is 6.07 Å². The van der Waals surface area contributed by atoms with Crippen LogP contribution in [0.2, 0.25) is 0 Å². The zero-order valence-electron chi connectivity index (χ0n) is 7.88. The Morgan fingerprint density at radius 1 is 1.27 bits per heavy atom. The molecule has 0 atom stereocenters. The minimum Gasteiger partial charge on any atom is -0.298 e. The van der Waals surface area contributed by atoms with Crippen molar-refractivity contribution in [3.05, 3.63) is 29.8 Å². The zero-order valence-corrected chi connectivity index (χ0v) is 8.70. The van der Waals surface area contributed by atoms with Crippen LogP contribution < -0.4 is 0 Å². The van der Waals surface area contributed by atoms with E-state index in [4.69, 9.17) is 5.26 Å². The van der Waals surface area contributed by atoms with Crippen molar-refractivity contribution in [1.82, 2.24) is 0 Å². The second-order valence-electron chi connectivity index (χ2n) is 2.91. The number of hydrogen-bond acceptors (Lipinski definition) is 4. The van der Waals surface area contributed by atoms with Crippen LogP contribution in [0, 0.1) is 11.3 Å². The number of rotatable bonds is 4. The highest BCUT2D eigenvalue weighted by Gasteiger charge is 2.13. The SMILES string of the molecule is N#CCCS(=O)(=O)c1ccc(C=O)cc1. The maximum Gasteiger partial charge on any atom is 0.179 e. The molecule has 1 aromatic rings. The summed E-state index contributed by atoms with van der Waals surface area (Å²) in [6, 6.07) is 7.40. The van der Waals surface area contributed by atoms with Gasteiger partial charge in [-0.2, -0.15) is 5.26 Å². The second kappa shape index (κ2) is 4.71. The lowest BCUT2D eigenvalue weighted by atomic mass is 10.2. The van der Waals surface area contributed by atoms with E-state index in [0.717, 1.165) is 0 Å². The Bertz CT molecular complexity index is 482. The van der Waals surface area contributed by atoms with E-state index in [-0.39, 0.29) is 17.1 Å². The Kier molecular flexibility index (Phi) is 3.58. The highest BCUT2D eigenvalue weighted by atomic mass is 32.2. The molecule has 0 saturated heterocycles. The van der Waals surface area contributed by atoms with Gasteiger partial charge >= 0.3 is 0 Å². The van der Waals surface area contributed by atoms with Crippen LogP contribution in [-0.4, -0.2) is 20.5 Å². The van der Waals surface area contributed by atoms with Gasteiger partial charge < -0.3 is 0 Å². The van der Waals surface area contributed by atoms with Crippen molar-refractivity contribution < 1.29 is 13.2 Å². The van der Waals surface area contributed by atoms with Crippen molar-refractivity contribution in [2.24, 2.45) is 0 Å². The van der Waals surface area contributed by atoms with Crippen molar-refractivity contribution >= 4 is 16.1 Å². The number of hydrogen-bond donors (Lipinski definition) is 0. The van der Waals surface area contributed by atoms with Gasteiger partial charge in [0, 0.05) is 12.0 Å². The number of nitrogens with zero attached hydrogens (tertiary/aromatic N) is 1. The number of aldehydes is 1. The summed E-state index contributed by atoms with van der Waals surface area (Å²) in [7, 11) is -3.39. The molecule has 1 rings (SSSR count). The number of sulfone groups is 1. The van der Waals surface area contributed by atoms with Gasteiger partial charge in [0.05, 0.1) is 16.7 Å². The van der Waals surface area contributed by atoms with Gasteiger partial charge in [-0.3, -0.25) is 4.79 Å². The molecule has 0 unspecified atom stereocenters. The van der Waals surface area contributed by atoms with Gasteiger partial charge in [0.2, 0.25) is 0 Å². The first-order valence-corrected chi connectivity index (χ1v) is 5.90. The van der Waals surface area contributed by atoms with Gasteiger partial charge in [0.25, 0.3) is 0 Å². The van der Waals surface area contributed by atoms with Gasteiger partial charge in [-0.15, -0.1) is 0 Å². The Morgan fingerprint density at radius 3 is 2.33 bits per heavy atom. The van der Waals surface area contributed by atoms with E-state index in [2.05, 4.69) is 0 Å². The average molecular weight is 223 g/mol. The molecule has 0 saturated carbocycles. The molecule has 5 heteroatoms. The third-order valence-electron chi connectivity index (χ3n) is 1.86. The van der Waals surface area contributed by atoms with Crippen molar-refractivity contribution in [3.63, 3.8) is 0 Å². The first-order chi connectivity index (χ1) is 7.10. The molecule has 0 N–H and O–H groups in total. The van der Waals surface area contributed by atoms with Crippen LogP contribution in [0.15, 0.2) is 29.2 Å². The topological polar surface area (TPSA) is 75.0 Å². The fourth-order valence-corrected chi connectivity index (χ4v) is 2.20. The molecule has 0 heterocycles. The molecule has 15 heavy (non-hydrogen) atoms. The summed E-state index contributed by atoms with van der Waals surface area (Å²) in [4.78, 5) is 10.5. The van der Waals surface area contributed by atoms with Gasteiger partial charge in [0.15, 0.2) is 9.84 Å². The maximum atomic E-state index is 11.6. The van der Waals surface area contributed by atoms with Crippen LogP contribution in [0.4, 0.5) is 0 Å². The van der Waals surface area contributed by atoms with Crippen LogP contribution in [-0.2, 0) is 9.84 Å². The largest absolute Gasteiger partial charge is 0.298 e. The molecule has 0 radical (unpaired) electrons. The molecule has 0 aliphatic heterocycles. The number of carbonyl (C=O) groups is 1. The molecular weight excluding hydrogens is 214 g/mol. The van der Waals surface area contributed by atoms with E-state index in [1.54, 1.807) is 6.07 Å². The number of benzene rings is 1. The summed E-state index contributed by atoms with van der Waals surface area (Å²) in [5, 5.41) is 8.30. The Balaban J connectivity index is 2.96. The maximum absolute atomic E-state index is 11.6. The third kappa shape index (κ3) is 2.89. The molecule has 0 spiro atoms. The molecule has 0 aromatic heterocycles. The Hall–Kier alpha value is -1.67. The molecule has 1 aromatic carbocycles. The normalized spacial score (nSPS) is 10.6. The zero-order chi connectivity index (χ0) is 11.3. The fraction of sp³-hybridized carbons (Fsp3) is 0.200. The lowest BCUT2D eigenvalue weighted by Crippen LogP contribution is -2.06. The summed E-state index contributed by atoms with van der Waals surface area (Å²) >= 11 is 0. The number of nitriles is 1. The first kappa shape index (κ1) is 11.4. The molecule has 0 aliphatic carbocycles. The minimum absolute atomic E-state index is 0.0300. The van der Waals surface area contributed by atoms with E-state index in [9.17, 15) is 13.2 Å². The fourth-order valence-electron chi connectivity index (χ4n) is 1.05. The summed E-state index contributed by atoms with van der Waals surface area (Å²) in [5.74, 6) is -0.191. The highest BCUT2D eigenvalue weighted by Crippen LogP contribution is 2.12. The highest BCUT2D eigenvalue weighted by molar-refractivity contribution is 7.91. The lowest BCUT2D eigenvalue weighted by Gasteiger charge is -2.01. The van der Waals surface area contributed by atoms with Crippen LogP contribution >= 0.6 is 0 Å². The van der Waals surface area contributed by atoms with Crippen LogP contribution in [0.5, 0.6) is 0 Å². The van der Waals surface area contributed by atoms with Gasteiger partial charge in [-0.05, 0) is 12.1 Å². The smallest absolute Gasteiger partial charge is 0.179 e. The van der Waals surface area contributed by atoms with Crippen molar-refractivity contribution in [2.45, 2.75) is 11.3 Å². The van der Waals surface area contributed by atoms with Crippen molar-refractivity contribution in [2.75, 3.05) is 5.75 Å². The predicted molar refractivity (Wildman–Crippen MR) is 54.1 cm³/mol. The third-order valence-corrected chi connectivity index (χ3v) is 3.59. The molecular formula is C10H9NO3S. The van der Waals surface area contributed by atoms with Crippen LogP contribution in [0.3, 0.4) is 0 Å². The monoisotopic (exact) mass is 223 g/mol. The lowest BCUT2D eigenvalue weighted by molar-refractivity contribution is 0.112. The van der Waals surface area contributed by atoms with E-state index in [1.807, 2.05) is 0 Å². The quantitative estimate of drug-likeness (QED) is 0.718. The molecule has 0 bridgehead atoms.